The lowest BCUT2D eigenvalue weighted by atomic mass is 10.2. The summed E-state index contributed by atoms with van der Waals surface area (Å²) in [5.74, 6) is 0.377. The van der Waals surface area contributed by atoms with Gasteiger partial charge in [-0.1, -0.05) is 27.5 Å². The summed E-state index contributed by atoms with van der Waals surface area (Å²) in [4.78, 5) is 14.8. The maximum Gasteiger partial charge on any atom is 0.343 e. The number of rotatable bonds is 8. The molecule has 0 aliphatic heterocycles. The molecule has 3 aromatic carbocycles. The third-order valence-electron chi connectivity index (χ3n) is 4.29. The fourth-order valence-corrected chi connectivity index (χ4v) is 3.96. The van der Waals surface area contributed by atoms with Gasteiger partial charge in [-0.05, 0) is 60.7 Å². The maximum absolute atomic E-state index is 12.7. The molecule has 0 unspecified atom stereocenters. The molecule has 3 aromatic rings. The zero-order valence-corrected chi connectivity index (χ0v) is 20.6. The summed E-state index contributed by atoms with van der Waals surface area (Å²) in [6.07, 6.45) is 1.23. The molecule has 0 aliphatic carbocycles. The average Bonchev–Trinajstić information content (AvgIpc) is 2.80. The van der Waals surface area contributed by atoms with Crippen LogP contribution in [0.2, 0.25) is 5.02 Å². The number of esters is 1. The van der Waals surface area contributed by atoms with Gasteiger partial charge in [0.25, 0.3) is 10.0 Å². The maximum atomic E-state index is 12.7. The predicted molar refractivity (Wildman–Crippen MR) is 128 cm³/mol. The lowest BCUT2D eigenvalue weighted by Crippen LogP contribution is -2.18. The van der Waals surface area contributed by atoms with E-state index in [0.717, 1.165) is 0 Å². The normalized spacial score (nSPS) is 11.3. The summed E-state index contributed by atoms with van der Waals surface area (Å²) in [7, 11) is -0.952. The number of hydrogen-bond acceptors (Lipinski definition) is 7. The van der Waals surface area contributed by atoms with Gasteiger partial charge in [-0.2, -0.15) is 13.5 Å². The van der Waals surface area contributed by atoms with E-state index in [-0.39, 0.29) is 16.2 Å². The van der Waals surface area contributed by atoms with Gasteiger partial charge < -0.3 is 14.2 Å². The first-order valence-electron chi connectivity index (χ1n) is 9.27. The Morgan fingerprint density at radius 2 is 1.64 bits per heavy atom. The van der Waals surface area contributed by atoms with Gasteiger partial charge in [0.1, 0.15) is 5.75 Å². The minimum absolute atomic E-state index is 0.00148. The Balaban J connectivity index is 1.80. The summed E-state index contributed by atoms with van der Waals surface area (Å²) < 4.78 is 41.3. The van der Waals surface area contributed by atoms with Crippen LogP contribution in [-0.4, -0.2) is 34.8 Å². The molecule has 33 heavy (non-hydrogen) atoms. The van der Waals surface area contributed by atoms with Crippen LogP contribution < -0.4 is 19.0 Å². The SMILES string of the molecule is COc1ccc(C(=O)Oc2ccc(Br)cc2C=NNS(=O)(=O)c2ccc(Cl)cc2)cc1OC. The molecule has 0 saturated carbocycles. The summed E-state index contributed by atoms with van der Waals surface area (Å²) in [5, 5.41) is 4.21. The van der Waals surface area contributed by atoms with Gasteiger partial charge in [-0.3, -0.25) is 0 Å². The Hall–Kier alpha value is -3.08. The number of benzene rings is 3. The van der Waals surface area contributed by atoms with E-state index in [9.17, 15) is 13.2 Å². The minimum atomic E-state index is -3.90. The van der Waals surface area contributed by atoms with Crippen LogP contribution in [0.3, 0.4) is 0 Å². The second kappa shape index (κ2) is 10.7. The first-order valence-corrected chi connectivity index (χ1v) is 11.9. The number of nitrogens with one attached hydrogen (secondary N) is 1. The fourth-order valence-electron chi connectivity index (χ4n) is 2.67. The van der Waals surface area contributed by atoms with Crippen LogP contribution >= 0.6 is 27.5 Å². The van der Waals surface area contributed by atoms with E-state index in [1.54, 1.807) is 24.3 Å². The van der Waals surface area contributed by atoms with Gasteiger partial charge >= 0.3 is 5.97 Å². The zero-order valence-electron chi connectivity index (χ0n) is 17.4. The Bertz CT molecular complexity index is 1300. The van der Waals surface area contributed by atoms with Gasteiger partial charge in [0.2, 0.25) is 0 Å². The summed E-state index contributed by atoms with van der Waals surface area (Å²) >= 11 is 9.13. The second-order valence-electron chi connectivity index (χ2n) is 6.45. The van der Waals surface area contributed by atoms with Crippen molar-refractivity contribution in [2.45, 2.75) is 4.90 Å². The van der Waals surface area contributed by atoms with Crippen LogP contribution in [0.1, 0.15) is 15.9 Å². The molecule has 0 bridgehead atoms. The van der Waals surface area contributed by atoms with E-state index in [1.807, 2.05) is 0 Å². The molecule has 0 heterocycles. The van der Waals surface area contributed by atoms with Gasteiger partial charge in [0, 0.05) is 15.1 Å². The molecule has 3 rings (SSSR count). The van der Waals surface area contributed by atoms with Crippen LogP contribution in [0.25, 0.3) is 0 Å². The molecule has 0 fully saturated rings. The fraction of sp³-hybridized carbons (Fsp3) is 0.0909. The number of ether oxygens (including phenoxy) is 3. The largest absolute Gasteiger partial charge is 0.493 e. The highest BCUT2D eigenvalue weighted by Gasteiger charge is 2.16. The lowest BCUT2D eigenvalue weighted by Gasteiger charge is -2.11. The second-order valence-corrected chi connectivity index (χ2v) is 9.46. The number of carbonyl (C=O) groups is 1. The lowest BCUT2D eigenvalue weighted by molar-refractivity contribution is 0.0734. The molecule has 1 N–H and O–H groups in total. The van der Waals surface area contributed by atoms with Gasteiger partial charge in [-0.25, -0.2) is 9.63 Å². The quantitative estimate of drug-likeness (QED) is 0.188. The number of halogens is 2. The molecule has 0 saturated heterocycles. The number of sulfonamides is 1. The molecule has 0 spiro atoms. The van der Waals surface area contributed by atoms with E-state index in [1.165, 1.54) is 56.8 Å². The highest BCUT2D eigenvalue weighted by Crippen LogP contribution is 2.29. The molecule has 0 amide bonds. The Labute approximate surface area is 204 Å². The van der Waals surface area contributed by atoms with Crippen molar-refractivity contribution in [3.8, 4) is 17.2 Å². The van der Waals surface area contributed by atoms with Crippen molar-refractivity contribution in [1.82, 2.24) is 4.83 Å². The average molecular weight is 554 g/mol. The van der Waals surface area contributed by atoms with Crippen LogP contribution in [0, 0.1) is 0 Å². The highest BCUT2D eigenvalue weighted by atomic mass is 79.9. The Kier molecular flexibility index (Phi) is 7.96. The van der Waals surface area contributed by atoms with Crippen molar-refractivity contribution >= 4 is 49.7 Å². The number of hydrogen-bond donors (Lipinski definition) is 1. The number of carbonyl (C=O) groups excluding carboxylic acids is 1. The smallest absolute Gasteiger partial charge is 0.343 e. The number of nitrogens with zero attached hydrogens (tertiary/aromatic N) is 1. The van der Waals surface area contributed by atoms with Crippen molar-refractivity contribution in [2.24, 2.45) is 5.10 Å². The number of hydrazone groups is 1. The molecule has 0 radical (unpaired) electrons. The minimum Gasteiger partial charge on any atom is -0.493 e. The van der Waals surface area contributed by atoms with Crippen LogP contribution in [0.5, 0.6) is 17.2 Å². The molecule has 172 valence electrons. The molecular weight excluding hydrogens is 536 g/mol. The van der Waals surface area contributed by atoms with E-state index in [0.29, 0.717) is 26.6 Å². The highest BCUT2D eigenvalue weighted by molar-refractivity contribution is 9.10. The van der Waals surface area contributed by atoms with Crippen molar-refractivity contribution in [3.05, 3.63) is 81.3 Å². The van der Waals surface area contributed by atoms with Crippen molar-refractivity contribution in [1.29, 1.82) is 0 Å². The molecular formula is C22H18BrClN2O6S. The van der Waals surface area contributed by atoms with E-state index in [2.05, 4.69) is 25.9 Å². The number of methoxy groups -OCH3 is 2. The predicted octanol–water partition coefficient (Wildman–Crippen LogP) is 4.65. The third kappa shape index (κ3) is 6.25. The van der Waals surface area contributed by atoms with Crippen LogP contribution in [0.4, 0.5) is 0 Å². The van der Waals surface area contributed by atoms with Crippen LogP contribution in [-0.2, 0) is 10.0 Å². The van der Waals surface area contributed by atoms with Crippen molar-refractivity contribution < 1.29 is 27.4 Å². The Morgan fingerprint density at radius 1 is 0.970 bits per heavy atom. The zero-order chi connectivity index (χ0) is 24.0. The molecule has 8 nitrogen and oxygen atoms in total. The standard InChI is InChI=1S/C22H18BrClN2O6S/c1-30-20-9-3-14(12-21(20)31-2)22(27)32-19-10-4-16(23)11-15(19)13-25-26-33(28,29)18-7-5-17(24)6-8-18/h3-13,26H,1-2H3. The topological polar surface area (TPSA) is 103 Å². The van der Waals surface area contributed by atoms with Crippen molar-refractivity contribution in [2.75, 3.05) is 14.2 Å². The van der Waals surface area contributed by atoms with E-state index >= 15 is 0 Å². The summed E-state index contributed by atoms with van der Waals surface area (Å²) in [6.45, 7) is 0. The summed E-state index contributed by atoms with van der Waals surface area (Å²) in [5.41, 5.74) is 0.596. The molecule has 0 atom stereocenters. The summed E-state index contributed by atoms with van der Waals surface area (Å²) in [6, 6.07) is 15.1. The third-order valence-corrected chi connectivity index (χ3v) is 6.28. The first kappa shape index (κ1) is 24.6. The molecule has 0 aliphatic rings. The van der Waals surface area contributed by atoms with Gasteiger partial charge in [0.15, 0.2) is 11.5 Å². The first-order chi connectivity index (χ1) is 15.7. The van der Waals surface area contributed by atoms with E-state index in [4.69, 9.17) is 25.8 Å². The van der Waals surface area contributed by atoms with Crippen LogP contribution in [0.15, 0.2) is 75.1 Å². The van der Waals surface area contributed by atoms with Gasteiger partial charge in [-0.15, -0.1) is 0 Å². The van der Waals surface area contributed by atoms with E-state index < -0.39 is 16.0 Å². The Morgan fingerprint density at radius 3 is 2.30 bits per heavy atom. The van der Waals surface area contributed by atoms with Gasteiger partial charge in [0.05, 0.1) is 30.9 Å². The molecule has 0 aromatic heterocycles. The van der Waals surface area contributed by atoms with Crippen molar-refractivity contribution in [3.63, 3.8) is 0 Å². The monoisotopic (exact) mass is 552 g/mol. The molecule has 11 heteroatoms.